The largest absolute Gasteiger partial charge is 0.389 e. The second-order valence-electron chi connectivity index (χ2n) is 9.24. The van der Waals surface area contributed by atoms with Gasteiger partial charge in [-0.1, -0.05) is 25.5 Å². The molecule has 0 aromatic heterocycles. The fraction of sp³-hybridized carbons (Fsp3) is 0.810. The average molecular weight is 363 g/mol. The number of fused-ring (bicyclic) bond motifs is 6. The SMILES string of the molecule is CC12CCC(O)C=C1CCC1C2CCC2(C)C3=C(CC12)SCCS3. The van der Waals surface area contributed by atoms with E-state index in [1.165, 1.54) is 50.0 Å². The van der Waals surface area contributed by atoms with Crippen LogP contribution in [0.3, 0.4) is 0 Å². The lowest BCUT2D eigenvalue weighted by molar-refractivity contribution is -0.0319. The maximum Gasteiger partial charge on any atom is 0.0724 e. The molecular weight excluding hydrogens is 332 g/mol. The molecule has 0 radical (unpaired) electrons. The van der Waals surface area contributed by atoms with Crippen LogP contribution >= 0.6 is 23.5 Å². The van der Waals surface area contributed by atoms with Crippen molar-refractivity contribution in [3.8, 4) is 0 Å². The summed E-state index contributed by atoms with van der Waals surface area (Å²) in [6.07, 6.45) is 11.0. The van der Waals surface area contributed by atoms with Gasteiger partial charge in [-0.05, 0) is 73.0 Å². The molecule has 6 atom stereocenters. The molecule has 2 saturated carbocycles. The van der Waals surface area contributed by atoms with E-state index in [9.17, 15) is 5.11 Å². The van der Waals surface area contributed by atoms with Crippen molar-refractivity contribution in [3.05, 3.63) is 21.5 Å². The first-order valence-electron chi connectivity index (χ1n) is 9.91. The van der Waals surface area contributed by atoms with Crippen LogP contribution in [0.1, 0.15) is 58.8 Å². The predicted octanol–water partition coefficient (Wildman–Crippen LogP) is 5.61. The summed E-state index contributed by atoms with van der Waals surface area (Å²) in [6.45, 7) is 5.14. The number of hydrogen-bond donors (Lipinski definition) is 1. The van der Waals surface area contributed by atoms with E-state index in [4.69, 9.17) is 0 Å². The summed E-state index contributed by atoms with van der Waals surface area (Å²) in [5.41, 5.74) is 2.47. The van der Waals surface area contributed by atoms with Crippen molar-refractivity contribution in [2.75, 3.05) is 11.5 Å². The van der Waals surface area contributed by atoms with Crippen molar-refractivity contribution in [1.29, 1.82) is 0 Å². The first-order chi connectivity index (χ1) is 11.5. The molecule has 1 nitrogen and oxygen atoms in total. The number of allylic oxidation sites excluding steroid dienone is 3. The fourth-order valence-electron chi connectivity index (χ4n) is 6.98. The Morgan fingerprint density at radius 1 is 1.00 bits per heavy atom. The highest BCUT2D eigenvalue weighted by molar-refractivity contribution is 8.10. The molecule has 0 saturated heterocycles. The van der Waals surface area contributed by atoms with Gasteiger partial charge in [0.1, 0.15) is 0 Å². The molecule has 0 amide bonds. The van der Waals surface area contributed by atoms with E-state index in [0.717, 1.165) is 24.2 Å². The van der Waals surface area contributed by atoms with Crippen LogP contribution in [0, 0.1) is 28.6 Å². The third kappa shape index (κ3) is 2.13. The second-order valence-corrected chi connectivity index (χ2v) is 11.5. The molecule has 0 bridgehead atoms. The molecule has 2 fully saturated rings. The van der Waals surface area contributed by atoms with Gasteiger partial charge in [0.2, 0.25) is 0 Å². The summed E-state index contributed by atoms with van der Waals surface area (Å²) >= 11 is 4.37. The van der Waals surface area contributed by atoms with Gasteiger partial charge >= 0.3 is 0 Å². The van der Waals surface area contributed by atoms with Gasteiger partial charge < -0.3 is 5.11 Å². The lowest BCUT2D eigenvalue weighted by Crippen LogP contribution is -2.50. The lowest BCUT2D eigenvalue weighted by Gasteiger charge is -2.58. The molecule has 0 aromatic carbocycles. The zero-order valence-corrected chi connectivity index (χ0v) is 16.6. The highest BCUT2D eigenvalue weighted by Gasteiger charge is 2.58. The van der Waals surface area contributed by atoms with Gasteiger partial charge in [-0.3, -0.25) is 0 Å². The van der Waals surface area contributed by atoms with Crippen LogP contribution in [0.5, 0.6) is 0 Å². The van der Waals surface area contributed by atoms with Crippen molar-refractivity contribution in [2.24, 2.45) is 28.6 Å². The van der Waals surface area contributed by atoms with Gasteiger partial charge in [-0.15, -0.1) is 23.5 Å². The first-order valence-corrected chi connectivity index (χ1v) is 11.9. The Morgan fingerprint density at radius 3 is 2.67 bits per heavy atom. The Hall–Kier alpha value is 0.140. The number of thioether (sulfide) groups is 2. The Labute approximate surface area is 155 Å². The maximum atomic E-state index is 10.1. The zero-order chi connectivity index (χ0) is 16.5. The standard InChI is InChI=1S/C21H30OS2/c1-20-7-5-14(22)11-13(20)3-4-15-16(20)6-8-21(2)17(15)12-18-19(21)24-10-9-23-18/h11,14-17,22H,3-10,12H2,1-2H3. The van der Waals surface area contributed by atoms with Crippen LogP contribution in [-0.4, -0.2) is 22.7 Å². The summed E-state index contributed by atoms with van der Waals surface area (Å²) in [5.74, 6) is 5.31. The molecule has 1 N–H and O–H groups in total. The number of aliphatic hydroxyl groups excluding tert-OH is 1. The molecule has 5 aliphatic rings. The zero-order valence-electron chi connectivity index (χ0n) is 15.0. The Balaban J connectivity index is 1.49. The van der Waals surface area contributed by atoms with Gasteiger partial charge in [0.25, 0.3) is 0 Å². The smallest absolute Gasteiger partial charge is 0.0724 e. The van der Waals surface area contributed by atoms with Gasteiger partial charge in [0.15, 0.2) is 0 Å². The third-order valence-corrected chi connectivity index (χ3v) is 11.2. The fourth-order valence-corrected chi connectivity index (χ4v) is 9.94. The van der Waals surface area contributed by atoms with E-state index < -0.39 is 0 Å². The summed E-state index contributed by atoms with van der Waals surface area (Å²) in [4.78, 5) is 3.57. The summed E-state index contributed by atoms with van der Waals surface area (Å²) in [6, 6.07) is 0. The number of rotatable bonds is 0. The summed E-state index contributed by atoms with van der Waals surface area (Å²) < 4.78 is 0. The highest BCUT2D eigenvalue weighted by atomic mass is 32.2. The van der Waals surface area contributed by atoms with Crippen LogP contribution in [0.2, 0.25) is 0 Å². The summed E-state index contributed by atoms with van der Waals surface area (Å²) in [5, 5.41) is 10.1. The predicted molar refractivity (Wildman–Crippen MR) is 105 cm³/mol. The molecule has 0 spiro atoms. The van der Waals surface area contributed by atoms with E-state index in [1.807, 2.05) is 0 Å². The molecule has 24 heavy (non-hydrogen) atoms. The minimum Gasteiger partial charge on any atom is -0.389 e. The number of hydrogen-bond acceptors (Lipinski definition) is 3. The van der Waals surface area contributed by atoms with Crippen LogP contribution in [0.25, 0.3) is 0 Å². The van der Waals surface area contributed by atoms with Crippen LogP contribution < -0.4 is 0 Å². The van der Waals surface area contributed by atoms with E-state index in [0.29, 0.717) is 10.8 Å². The molecule has 1 aliphatic heterocycles. The molecule has 4 aliphatic carbocycles. The normalized spacial score (nSPS) is 50.5. The Morgan fingerprint density at radius 2 is 1.79 bits per heavy atom. The monoisotopic (exact) mass is 362 g/mol. The molecule has 5 rings (SSSR count). The average Bonchev–Trinajstić information content (AvgIpc) is 2.89. The molecule has 132 valence electrons. The van der Waals surface area contributed by atoms with Crippen molar-refractivity contribution >= 4 is 23.5 Å². The molecular formula is C21H30OS2. The van der Waals surface area contributed by atoms with Gasteiger partial charge in [-0.2, -0.15) is 0 Å². The second kappa shape index (κ2) is 5.57. The van der Waals surface area contributed by atoms with Gasteiger partial charge in [0, 0.05) is 21.8 Å². The minimum absolute atomic E-state index is 0.174. The quantitative estimate of drug-likeness (QED) is 0.565. The third-order valence-electron chi connectivity index (χ3n) is 8.26. The van der Waals surface area contributed by atoms with E-state index in [2.05, 4.69) is 43.4 Å². The van der Waals surface area contributed by atoms with Gasteiger partial charge in [-0.25, -0.2) is 0 Å². The van der Waals surface area contributed by atoms with Crippen molar-refractivity contribution < 1.29 is 5.11 Å². The molecule has 0 aromatic rings. The molecule has 3 heteroatoms. The van der Waals surface area contributed by atoms with Crippen LogP contribution in [-0.2, 0) is 0 Å². The van der Waals surface area contributed by atoms with Crippen LogP contribution in [0.4, 0.5) is 0 Å². The highest BCUT2D eigenvalue weighted by Crippen LogP contribution is 2.69. The molecule has 1 heterocycles. The van der Waals surface area contributed by atoms with Gasteiger partial charge in [0.05, 0.1) is 6.10 Å². The van der Waals surface area contributed by atoms with Crippen molar-refractivity contribution in [3.63, 3.8) is 0 Å². The first kappa shape index (κ1) is 16.3. The van der Waals surface area contributed by atoms with E-state index in [1.54, 1.807) is 15.4 Å². The minimum atomic E-state index is -0.174. The van der Waals surface area contributed by atoms with Crippen LogP contribution in [0.15, 0.2) is 21.5 Å². The topological polar surface area (TPSA) is 20.2 Å². The van der Waals surface area contributed by atoms with E-state index >= 15 is 0 Å². The Bertz CT molecular complexity index is 623. The summed E-state index contributed by atoms with van der Waals surface area (Å²) in [7, 11) is 0. The Kier molecular flexibility index (Phi) is 3.79. The lowest BCUT2D eigenvalue weighted by atomic mass is 9.47. The maximum absolute atomic E-state index is 10.1. The van der Waals surface area contributed by atoms with Crippen molar-refractivity contribution in [2.45, 2.75) is 64.9 Å². The molecule has 6 unspecified atom stereocenters. The van der Waals surface area contributed by atoms with E-state index in [-0.39, 0.29) is 6.10 Å². The van der Waals surface area contributed by atoms with Crippen molar-refractivity contribution in [1.82, 2.24) is 0 Å². The number of aliphatic hydroxyl groups is 1.